The molecule has 0 saturated heterocycles. The second-order valence-corrected chi connectivity index (χ2v) is 5.78. The average Bonchev–Trinajstić information content (AvgIpc) is 2.60. The van der Waals surface area contributed by atoms with Gasteiger partial charge in [0.15, 0.2) is 0 Å². The molecule has 0 bridgehead atoms. The van der Waals surface area contributed by atoms with Crippen LogP contribution >= 0.6 is 0 Å². The Labute approximate surface area is 171 Å². The summed E-state index contributed by atoms with van der Waals surface area (Å²) in [4.78, 5) is 9.77. The van der Waals surface area contributed by atoms with Crippen molar-refractivity contribution in [2.45, 2.75) is 61.5 Å². The summed E-state index contributed by atoms with van der Waals surface area (Å²) in [6.07, 6.45) is -7.83. The normalized spacial score (nSPS) is 15.1. The molecule has 0 aliphatic rings. The van der Waals surface area contributed by atoms with Crippen LogP contribution in [0.4, 0.5) is 74.6 Å². The second-order valence-electron chi connectivity index (χ2n) is 5.78. The Morgan fingerprint density at radius 2 is 0.788 bits per heavy atom. The molecule has 0 aromatic rings. The Morgan fingerprint density at radius 3 is 0.970 bits per heavy atom. The maximum atomic E-state index is 13.0. The summed E-state index contributed by atoms with van der Waals surface area (Å²) in [6, 6.07) is 0. The van der Waals surface area contributed by atoms with Crippen molar-refractivity contribution < 1.29 is 84.5 Å². The molecule has 200 valence electrons. The highest BCUT2D eigenvalue weighted by Crippen LogP contribution is 2.63. The maximum absolute atomic E-state index is 13.0. The van der Waals surface area contributed by atoms with Gasteiger partial charge in [-0.15, -0.1) is 0 Å². The zero-order chi connectivity index (χ0) is 27.7. The first-order valence-electron chi connectivity index (χ1n) is 7.76. The Kier molecular flexibility index (Phi) is 9.59. The molecular weight excluding hydrogens is 525 g/mol. The van der Waals surface area contributed by atoms with E-state index in [1.54, 1.807) is 0 Å². The largest absolute Gasteiger partial charge is 0.477 e. The lowest BCUT2D eigenvalue weighted by molar-refractivity contribution is -0.459. The lowest BCUT2D eigenvalue weighted by Gasteiger charge is -2.42. The fourth-order valence-corrected chi connectivity index (χ4v) is 1.55. The van der Waals surface area contributed by atoms with Gasteiger partial charge in [0, 0.05) is 0 Å². The maximum Gasteiger partial charge on any atom is 0.460 e. The third-order valence-electron chi connectivity index (χ3n) is 3.49. The number of carboxylic acid groups (broad SMARTS) is 1. The van der Waals surface area contributed by atoms with Crippen molar-refractivity contribution in [3.8, 4) is 0 Å². The number of hydrogen-bond acceptors (Lipinski definition) is 2. The number of halogens is 17. The summed E-state index contributed by atoms with van der Waals surface area (Å²) < 4.78 is 214. The highest BCUT2D eigenvalue weighted by molar-refractivity contribution is 5.77. The molecule has 0 atom stereocenters. The number of hydrogen-bond donors (Lipinski definition) is 2. The number of nitrogens with one attached hydrogen (secondary N) is 1. The van der Waals surface area contributed by atoms with E-state index in [1.807, 2.05) is 0 Å². The number of aliphatic carboxylic acids is 1. The fraction of sp³-hybridized carbons (Fsp3) is 0.923. The van der Waals surface area contributed by atoms with Crippen LogP contribution in [-0.2, 0) is 4.79 Å². The minimum atomic E-state index is -8.76. The second kappa shape index (κ2) is 9.47. The molecule has 20 heteroatoms. The molecule has 33 heavy (non-hydrogen) atoms. The highest BCUT2D eigenvalue weighted by Gasteiger charge is 2.95. The van der Waals surface area contributed by atoms with Gasteiger partial charge in [-0.1, -0.05) is 13.8 Å². The van der Waals surface area contributed by atoms with E-state index in [0.29, 0.717) is 0 Å². The van der Waals surface area contributed by atoms with Crippen molar-refractivity contribution in [3.63, 3.8) is 0 Å². The van der Waals surface area contributed by atoms with Gasteiger partial charge < -0.3 is 10.4 Å². The van der Waals surface area contributed by atoms with Crippen molar-refractivity contribution in [3.05, 3.63) is 0 Å². The summed E-state index contributed by atoms with van der Waals surface area (Å²) in [6.45, 7) is 6.39. The van der Waals surface area contributed by atoms with Crippen LogP contribution in [-0.4, -0.2) is 71.8 Å². The zero-order valence-electron chi connectivity index (χ0n) is 15.7. The molecule has 0 aliphatic heterocycles. The van der Waals surface area contributed by atoms with Crippen LogP contribution in [0.25, 0.3) is 0 Å². The lowest BCUT2D eigenvalue weighted by atomic mass is 9.89. The SMILES string of the molecule is CCNCC.O=C(O)C(F)(F)C(F)(F)C(F)(F)C(F)(F)C(F)(F)C(F)(F)C(F)(F)C(F)(F)F. The molecule has 2 N–H and O–H groups in total. The molecule has 0 spiro atoms. The van der Waals surface area contributed by atoms with Crippen LogP contribution in [0.5, 0.6) is 0 Å². The van der Waals surface area contributed by atoms with Crippen LogP contribution in [0.3, 0.4) is 0 Å². The van der Waals surface area contributed by atoms with Gasteiger partial charge in [0.1, 0.15) is 0 Å². The van der Waals surface area contributed by atoms with Crippen molar-refractivity contribution in [1.29, 1.82) is 0 Å². The topological polar surface area (TPSA) is 49.3 Å². The zero-order valence-corrected chi connectivity index (χ0v) is 15.7. The molecule has 0 unspecified atom stereocenters. The standard InChI is InChI=1S/C9HF17O2.C4H11N/c10-2(11,1(27)28)3(12,13)4(14,15)5(16,17)6(18,19)7(20,21)8(22,23)9(24,25)26;1-3-5-4-2/h(H,27,28);5H,3-4H2,1-2H3. The van der Waals surface area contributed by atoms with E-state index < -0.39 is 53.6 Å². The molecule has 0 aromatic carbocycles. The van der Waals surface area contributed by atoms with Crippen molar-refractivity contribution in [2.75, 3.05) is 13.1 Å². The van der Waals surface area contributed by atoms with Gasteiger partial charge in [-0.05, 0) is 13.1 Å². The molecule has 0 radical (unpaired) electrons. The summed E-state index contributed by atoms with van der Waals surface area (Å²) in [5, 5.41) is 10.7. The predicted octanol–water partition coefficient (Wildman–Crippen LogP) is 5.70. The first-order valence-corrected chi connectivity index (χ1v) is 7.76. The molecule has 0 aromatic heterocycles. The first-order chi connectivity index (χ1) is 14.1. The minimum Gasteiger partial charge on any atom is -0.477 e. The monoisotopic (exact) mass is 537 g/mol. The highest BCUT2D eigenvalue weighted by atomic mass is 19.4. The van der Waals surface area contributed by atoms with Crippen LogP contribution in [0, 0.1) is 0 Å². The summed E-state index contributed by atoms with van der Waals surface area (Å²) in [5.74, 6) is -62.9. The van der Waals surface area contributed by atoms with E-state index in [4.69, 9.17) is 5.11 Å². The van der Waals surface area contributed by atoms with E-state index in [0.717, 1.165) is 13.1 Å². The van der Waals surface area contributed by atoms with E-state index in [-0.39, 0.29) is 0 Å². The molecule has 0 fully saturated rings. The Bertz CT molecular complexity index is 668. The first kappa shape index (κ1) is 33.4. The van der Waals surface area contributed by atoms with Crippen molar-refractivity contribution in [1.82, 2.24) is 5.32 Å². The fourth-order valence-electron chi connectivity index (χ4n) is 1.55. The molecule has 0 saturated carbocycles. The Hall–Kier alpha value is -1.76. The van der Waals surface area contributed by atoms with Gasteiger partial charge in [0.25, 0.3) is 0 Å². The van der Waals surface area contributed by atoms with Crippen molar-refractivity contribution >= 4 is 5.97 Å². The third-order valence-corrected chi connectivity index (χ3v) is 3.49. The molecule has 0 aliphatic carbocycles. The summed E-state index contributed by atoms with van der Waals surface area (Å²) >= 11 is 0. The predicted molar refractivity (Wildman–Crippen MR) is 72.5 cm³/mol. The molecule has 0 amide bonds. The number of alkyl halides is 17. The van der Waals surface area contributed by atoms with Gasteiger partial charge in [0.05, 0.1) is 0 Å². The smallest absolute Gasteiger partial charge is 0.460 e. The Morgan fingerprint density at radius 1 is 0.545 bits per heavy atom. The average molecular weight is 537 g/mol. The van der Waals surface area contributed by atoms with E-state index >= 15 is 0 Å². The summed E-state index contributed by atoms with van der Waals surface area (Å²) in [5.41, 5.74) is 0. The van der Waals surface area contributed by atoms with Gasteiger partial charge in [-0.2, -0.15) is 74.6 Å². The number of rotatable bonds is 9. The lowest BCUT2D eigenvalue weighted by Crippen LogP contribution is -2.75. The van der Waals surface area contributed by atoms with Crippen LogP contribution in [0.15, 0.2) is 0 Å². The van der Waals surface area contributed by atoms with E-state index in [1.165, 1.54) is 0 Å². The molecular formula is C13H12F17NO2. The van der Waals surface area contributed by atoms with Gasteiger partial charge in [0.2, 0.25) is 0 Å². The van der Waals surface area contributed by atoms with E-state index in [9.17, 15) is 79.4 Å². The summed E-state index contributed by atoms with van der Waals surface area (Å²) in [7, 11) is 0. The number of carbonyl (C=O) groups is 1. The van der Waals surface area contributed by atoms with Gasteiger partial charge >= 0.3 is 53.6 Å². The van der Waals surface area contributed by atoms with Crippen molar-refractivity contribution in [2.24, 2.45) is 0 Å². The molecule has 0 heterocycles. The van der Waals surface area contributed by atoms with E-state index in [2.05, 4.69) is 19.2 Å². The van der Waals surface area contributed by atoms with Crippen LogP contribution in [0.2, 0.25) is 0 Å². The minimum absolute atomic E-state index is 1.09. The third kappa shape index (κ3) is 5.03. The van der Waals surface area contributed by atoms with Crippen LogP contribution < -0.4 is 5.32 Å². The van der Waals surface area contributed by atoms with Crippen LogP contribution in [0.1, 0.15) is 13.8 Å². The number of carboxylic acids is 1. The van der Waals surface area contributed by atoms with Gasteiger partial charge in [-0.25, -0.2) is 4.79 Å². The van der Waals surface area contributed by atoms with Gasteiger partial charge in [-0.3, -0.25) is 0 Å². The molecule has 3 nitrogen and oxygen atoms in total. The molecule has 0 rings (SSSR count). The quantitative estimate of drug-likeness (QED) is 0.372. The Balaban J connectivity index is 0.